The van der Waals surface area contributed by atoms with Crippen LogP contribution in [0.3, 0.4) is 0 Å². The largest absolute Gasteiger partial charge is 0.464 e. The maximum atomic E-state index is 13.7. The third-order valence-corrected chi connectivity index (χ3v) is 8.32. The Hall–Kier alpha value is -1.49. The molecular formula is C27H41NO3S. The summed E-state index contributed by atoms with van der Waals surface area (Å²) in [5.41, 5.74) is 1.98. The fourth-order valence-electron chi connectivity index (χ4n) is 4.88. The number of hydrogen-bond donors (Lipinski definition) is 0. The quantitative estimate of drug-likeness (QED) is 0.276. The van der Waals surface area contributed by atoms with Gasteiger partial charge >= 0.3 is 5.97 Å². The molecule has 1 saturated heterocycles. The van der Waals surface area contributed by atoms with Crippen molar-refractivity contribution in [3.63, 3.8) is 0 Å². The van der Waals surface area contributed by atoms with E-state index < -0.39 is 6.04 Å². The van der Waals surface area contributed by atoms with Crippen molar-refractivity contribution in [3.8, 4) is 0 Å². The number of hydrogen-bond acceptors (Lipinski definition) is 4. The van der Waals surface area contributed by atoms with Crippen LogP contribution < -0.4 is 0 Å². The molecule has 0 bridgehead atoms. The van der Waals surface area contributed by atoms with Gasteiger partial charge in [0.05, 0.1) is 12.0 Å². The van der Waals surface area contributed by atoms with Gasteiger partial charge in [-0.2, -0.15) is 0 Å². The molecule has 5 heteroatoms. The molecule has 2 fully saturated rings. The number of esters is 1. The first-order valence-corrected chi connectivity index (χ1v) is 13.9. The molecule has 3 rings (SSSR count). The summed E-state index contributed by atoms with van der Waals surface area (Å²) in [5, 5.41) is 0.0836. The molecule has 178 valence electrons. The van der Waals surface area contributed by atoms with Crippen LogP contribution in [0.5, 0.6) is 0 Å². The van der Waals surface area contributed by atoms with Gasteiger partial charge in [-0.15, -0.1) is 11.8 Å². The van der Waals surface area contributed by atoms with Gasteiger partial charge in [-0.05, 0) is 55.7 Å². The first kappa shape index (κ1) is 25.1. The zero-order chi connectivity index (χ0) is 22.8. The van der Waals surface area contributed by atoms with E-state index in [4.69, 9.17) is 4.74 Å². The Kier molecular flexibility index (Phi) is 10.4. The fraction of sp³-hybridized carbons (Fsp3) is 0.704. The van der Waals surface area contributed by atoms with Crippen LogP contribution in [-0.2, 0) is 16.0 Å². The summed E-state index contributed by atoms with van der Waals surface area (Å²) < 4.78 is 5.56. The Balaban J connectivity index is 1.71. The van der Waals surface area contributed by atoms with Gasteiger partial charge in [-0.25, -0.2) is 4.79 Å². The lowest BCUT2D eigenvalue weighted by atomic mass is 9.88. The van der Waals surface area contributed by atoms with Crippen molar-refractivity contribution < 1.29 is 14.3 Å². The summed E-state index contributed by atoms with van der Waals surface area (Å²) in [5.74, 6) is 0.877. The molecule has 0 aromatic heterocycles. The number of aryl methyl sites for hydroxylation is 1. The average molecular weight is 460 g/mol. The average Bonchev–Trinajstić information content (AvgIpc) is 3.28. The van der Waals surface area contributed by atoms with E-state index in [2.05, 4.69) is 26.0 Å². The van der Waals surface area contributed by atoms with Crippen molar-refractivity contribution >= 4 is 23.6 Å². The Morgan fingerprint density at radius 2 is 1.69 bits per heavy atom. The molecule has 1 aliphatic heterocycles. The number of amides is 1. The van der Waals surface area contributed by atoms with E-state index in [-0.39, 0.29) is 17.3 Å². The van der Waals surface area contributed by atoms with E-state index in [9.17, 15) is 9.59 Å². The van der Waals surface area contributed by atoms with Crippen LogP contribution in [0.15, 0.2) is 24.3 Å². The smallest absolute Gasteiger partial charge is 0.329 e. The topological polar surface area (TPSA) is 46.6 Å². The van der Waals surface area contributed by atoms with Crippen LogP contribution in [0.25, 0.3) is 0 Å². The van der Waals surface area contributed by atoms with Crippen LogP contribution in [0, 0.1) is 5.92 Å². The Bertz CT molecular complexity index is 714. The normalized spacial score (nSPS) is 21.6. The van der Waals surface area contributed by atoms with Crippen molar-refractivity contribution in [3.05, 3.63) is 35.4 Å². The second-order valence-electron chi connectivity index (χ2n) is 9.38. The van der Waals surface area contributed by atoms with Gasteiger partial charge in [0.15, 0.2) is 0 Å². The highest BCUT2D eigenvalue weighted by molar-refractivity contribution is 8.00. The molecule has 0 unspecified atom stereocenters. The number of rotatable bonds is 11. The van der Waals surface area contributed by atoms with Crippen molar-refractivity contribution in [2.24, 2.45) is 5.92 Å². The fourth-order valence-corrected chi connectivity index (χ4v) is 6.50. The van der Waals surface area contributed by atoms with Gasteiger partial charge in [0.1, 0.15) is 6.04 Å². The molecular weight excluding hydrogens is 418 g/mol. The summed E-state index contributed by atoms with van der Waals surface area (Å²) >= 11 is 1.78. The number of carbonyl (C=O) groups excluding carboxylic acids is 2. The molecule has 1 heterocycles. The third kappa shape index (κ3) is 6.76. The number of benzene rings is 1. The molecule has 1 amide bonds. The molecule has 0 radical (unpaired) electrons. The summed E-state index contributed by atoms with van der Waals surface area (Å²) in [6, 6.07) is 7.62. The van der Waals surface area contributed by atoms with E-state index >= 15 is 0 Å². The van der Waals surface area contributed by atoms with Gasteiger partial charge in [0.2, 0.25) is 0 Å². The molecule has 4 nitrogen and oxygen atoms in total. The van der Waals surface area contributed by atoms with Crippen LogP contribution in [0.4, 0.5) is 0 Å². The summed E-state index contributed by atoms with van der Waals surface area (Å²) in [7, 11) is 0. The molecule has 2 aliphatic rings. The first-order chi connectivity index (χ1) is 15.7. The standard InChI is InChI=1S/C27H41NO3S/c1-3-5-7-9-12-21-15-17-22(18-16-21)25(29)28-24(27(30)31-19-6-4-2)20-32-26(28)23-13-10-8-11-14-23/h15-18,23-24,26H,3-14,19-20H2,1-2H3/t24-,26-/m1/s1. The number of unbranched alkanes of at least 4 members (excludes halogenated alkanes) is 4. The van der Waals surface area contributed by atoms with Crippen molar-refractivity contribution in [2.45, 2.75) is 102 Å². The van der Waals surface area contributed by atoms with Crippen molar-refractivity contribution in [1.29, 1.82) is 0 Å². The molecule has 1 aromatic carbocycles. The summed E-state index contributed by atoms with van der Waals surface area (Å²) in [4.78, 5) is 28.4. The van der Waals surface area contributed by atoms with Gasteiger partial charge in [0.25, 0.3) is 5.91 Å². The van der Waals surface area contributed by atoms with Gasteiger partial charge in [-0.3, -0.25) is 4.79 Å². The number of nitrogens with zero attached hydrogens (tertiary/aromatic N) is 1. The van der Waals surface area contributed by atoms with E-state index in [0.717, 1.165) is 32.1 Å². The van der Waals surface area contributed by atoms with Gasteiger partial charge < -0.3 is 9.64 Å². The molecule has 1 saturated carbocycles. The van der Waals surface area contributed by atoms with E-state index in [1.54, 1.807) is 11.8 Å². The molecule has 0 spiro atoms. The van der Waals surface area contributed by atoms with Gasteiger partial charge in [0, 0.05) is 11.3 Å². The lowest BCUT2D eigenvalue weighted by molar-refractivity contribution is -0.148. The van der Waals surface area contributed by atoms with Crippen LogP contribution in [0.2, 0.25) is 0 Å². The number of ether oxygens (including phenoxy) is 1. The highest BCUT2D eigenvalue weighted by atomic mass is 32.2. The van der Waals surface area contributed by atoms with E-state index in [1.807, 2.05) is 17.0 Å². The van der Waals surface area contributed by atoms with E-state index in [0.29, 0.717) is 23.8 Å². The second-order valence-corrected chi connectivity index (χ2v) is 10.5. The molecule has 1 aromatic rings. The lowest BCUT2D eigenvalue weighted by Crippen LogP contribution is -2.48. The third-order valence-electron chi connectivity index (χ3n) is 6.86. The minimum absolute atomic E-state index is 0.0134. The minimum Gasteiger partial charge on any atom is -0.464 e. The zero-order valence-electron chi connectivity index (χ0n) is 20.0. The van der Waals surface area contributed by atoms with Crippen LogP contribution in [0.1, 0.15) is 100 Å². The Labute approximate surface area is 198 Å². The minimum atomic E-state index is -0.468. The number of thioether (sulfide) groups is 1. The SMILES string of the molecule is CCCCCCc1ccc(C(=O)N2[C@@H](C(=O)OCCCC)CS[C@@H]2C2CCCCC2)cc1. The predicted molar refractivity (Wildman–Crippen MR) is 133 cm³/mol. The summed E-state index contributed by atoms with van der Waals surface area (Å²) in [6.07, 6.45) is 13.9. The Morgan fingerprint density at radius 3 is 2.38 bits per heavy atom. The van der Waals surface area contributed by atoms with Crippen molar-refractivity contribution in [2.75, 3.05) is 12.4 Å². The second kappa shape index (κ2) is 13.3. The Morgan fingerprint density at radius 1 is 0.969 bits per heavy atom. The van der Waals surface area contributed by atoms with Crippen molar-refractivity contribution in [1.82, 2.24) is 4.90 Å². The molecule has 1 aliphatic carbocycles. The number of carbonyl (C=O) groups is 2. The lowest BCUT2D eigenvalue weighted by Gasteiger charge is -2.35. The molecule has 2 atom stereocenters. The zero-order valence-corrected chi connectivity index (χ0v) is 20.8. The highest BCUT2D eigenvalue weighted by Crippen LogP contribution is 2.41. The van der Waals surface area contributed by atoms with Crippen LogP contribution >= 0.6 is 11.8 Å². The molecule has 32 heavy (non-hydrogen) atoms. The monoisotopic (exact) mass is 459 g/mol. The van der Waals surface area contributed by atoms with E-state index in [1.165, 1.54) is 50.5 Å². The predicted octanol–water partition coefficient (Wildman–Crippen LogP) is 6.62. The van der Waals surface area contributed by atoms with Crippen LogP contribution in [-0.4, -0.2) is 40.6 Å². The summed E-state index contributed by atoms with van der Waals surface area (Å²) in [6.45, 7) is 4.76. The first-order valence-electron chi connectivity index (χ1n) is 12.9. The molecule has 0 N–H and O–H groups in total. The van der Waals surface area contributed by atoms with Gasteiger partial charge in [-0.1, -0.05) is 70.9 Å². The maximum absolute atomic E-state index is 13.7. The maximum Gasteiger partial charge on any atom is 0.329 e. The highest BCUT2D eigenvalue weighted by Gasteiger charge is 2.45.